The van der Waals surface area contributed by atoms with Crippen LogP contribution in [0.4, 0.5) is 0 Å². The van der Waals surface area contributed by atoms with Crippen molar-refractivity contribution in [1.29, 1.82) is 0 Å². The number of hydrogen-bond acceptors (Lipinski definition) is 2. The number of nitrogens with one attached hydrogen (secondary N) is 1. The lowest BCUT2D eigenvalue weighted by atomic mass is 9.78. The number of ether oxygens (including phenoxy) is 1. The molecule has 1 aromatic rings. The monoisotopic (exact) mass is 289 g/mol. The highest BCUT2D eigenvalue weighted by Gasteiger charge is 2.28. The fourth-order valence-electron chi connectivity index (χ4n) is 3.04. The second-order valence-corrected chi connectivity index (χ2v) is 6.50. The van der Waals surface area contributed by atoms with Crippen molar-refractivity contribution in [2.75, 3.05) is 6.61 Å². The molecule has 2 rings (SSSR count). The van der Waals surface area contributed by atoms with Crippen molar-refractivity contribution in [2.45, 2.75) is 53.0 Å². The third kappa shape index (κ3) is 4.23. The number of aryl methyl sites for hydroxylation is 2. The average molecular weight is 289 g/mol. The Morgan fingerprint density at radius 2 is 2.05 bits per heavy atom. The Kier molecular flexibility index (Phi) is 5.27. The predicted molar refractivity (Wildman–Crippen MR) is 85.5 cm³/mol. The van der Waals surface area contributed by atoms with E-state index in [1.54, 1.807) is 0 Å². The number of carbonyl (C=O) groups excluding carboxylic acids is 1. The molecule has 0 saturated heterocycles. The van der Waals surface area contributed by atoms with Crippen LogP contribution < -0.4 is 10.1 Å². The second kappa shape index (κ2) is 6.97. The van der Waals surface area contributed by atoms with E-state index in [-0.39, 0.29) is 12.5 Å². The summed E-state index contributed by atoms with van der Waals surface area (Å²) in [4.78, 5) is 12.1. The maximum absolute atomic E-state index is 12.1. The van der Waals surface area contributed by atoms with Gasteiger partial charge < -0.3 is 10.1 Å². The van der Waals surface area contributed by atoms with Crippen molar-refractivity contribution in [3.63, 3.8) is 0 Å². The molecule has 0 aliphatic heterocycles. The molecule has 3 nitrogen and oxygen atoms in total. The highest BCUT2D eigenvalue weighted by Crippen LogP contribution is 2.29. The van der Waals surface area contributed by atoms with Crippen LogP contribution >= 0.6 is 0 Å². The summed E-state index contributed by atoms with van der Waals surface area (Å²) in [7, 11) is 0. The SMILES string of the molecule is Cc1ccc(C)c(OCC(=O)NC2CCCC(C)C2C)c1. The van der Waals surface area contributed by atoms with Crippen LogP contribution in [0, 0.1) is 25.7 Å². The number of rotatable bonds is 4. The van der Waals surface area contributed by atoms with Crippen molar-refractivity contribution < 1.29 is 9.53 Å². The standard InChI is InChI=1S/C18H27NO2/c1-12-8-9-14(3)17(10-12)21-11-18(20)19-16-7-5-6-13(2)15(16)4/h8-10,13,15-16H,5-7,11H2,1-4H3,(H,19,20). The van der Waals surface area contributed by atoms with E-state index in [4.69, 9.17) is 4.74 Å². The fraction of sp³-hybridized carbons (Fsp3) is 0.611. The van der Waals surface area contributed by atoms with E-state index in [1.807, 2.05) is 32.0 Å². The molecule has 3 atom stereocenters. The lowest BCUT2D eigenvalue weighted by molar-refractivity contribution is -0.124. The first-order valence-electron chi connectivity index (χ1n) is 7.97. The second-order valence-electron chi connectivity index (χ2n) is 6.50. The van der Waals surface area contributed by atoms with Crippen LogP contribution in [0.5, 0.6) is 5.75 Å². The van der Waals surface area contributed by atoms with Gasteiger partial charge in [-0.15, -0.1) is 0 Å². The van der Waals surface area contributed by atoms with Crippen molar-refractivity contribution in [2.24, 2.45) is 11.8 Å². The molecule has 1 saturated carbocycles. The van der Waals surface area contributed by atoms with Crippen LogP contribution in [0.15, 0.2) is 18.2 Å². The number of hydrogen-bond donors (Lipinski definition) is 1. The molecule has 1 aliphatic carbocycles. The summed E-state index contributed by atoms with van der Waals surface area (Å²) >= 11 is 0. The molecule has 1 amide bonds. The lowest BCUT2D eigenvalue weighted by Gasteiger charge is -2.34. The van der Waals surface area contributed by atoms with E-state index in [2.05, 4.69) is 19.2 Å². The molecule has 3 unspecified atom stereocenters. The van der Waals surface area contributed by atoms with Crippen LogP contribution in [0.25, 0.3) is 0 Å². The van der Waals surface area contributed by atoms with Gasteiger partial charge in [0.1, 0.15) is 5.75 Å². The molecule has 1 fully saturated rings. The topological polar surface area (TPSA) is 38.3 Å². The smallest absolute Gasteiger partial charge is 0.258 e. The van der Waals surface area contributed by atoms with Crippen molar-refractivity contribution >= 4 is 5.91 Å². The molecule has 0 bridgehead atoms. The normalized spacial score (nSPS) is 25.4. The molecular formula is C18H27NO2. The van der Waals surface area contributed by atoms with E-state index in [0.717, 1.165) is 23.3 Å². The first-order valence-corrected chi connectivity index (χ1v) is 7.97. The van der Waals surface area contributed by atoms with E-state index < -0.39 is 0 Å². The molecule has 0 aromatic heterocycles. The quantitative estimate of drug-likeness (QED) is 0.919. The Hall–Kier alpha value is -1.51. The largest absolute Gasteiger partial charge is 0.483 e. The zero-order valence-electron chi connectivity index (χ0n) is 13.6. The summed E-state index contributed by atoms with van der Waals surface area (Å²) in [6.45, 7) is 8.63. The summed E-state index contributed by atoms with van der Waals surface area (Å²) in [5.74, 6) is 2.02. The summed E-state index contributed by atoms with van der Waals surface area (Å²) in [5.41, 5.74) is 2.21. The lowest BCUT2D eigenvalue weighted by Crippen LogP contribution is -2.45. The molecule has 1 N–H and O–H groups in total. The Labute approximate surface area is 128 Å². The molecule has 1 aromatic carbocycles. The summed E-state index contributed by atoms with van der Waals surface area (Å²) < 4.78 is 5.67. The van der Waals surface area contributed by atoms with Gasteiger partial charge in [0.25, 0.3) is 5.91 Å². The molecule has 0 radical (unpaired) electrons. The first kappa shape index (κ1) is 15.9. The molecule has 0 spiro atoms. The molecular weight excluding hydrogens is 262 g/mol. The molecule has 0 heterocycles. The van der Waals surface area contributed by atoms with Gasteiger partial charge in [0, 0.05) is 6.04 Å². The van der Waals surface area contributed by atoms with Crippen molar-refractivity contribution in [3.8, 4) is 5.75 Å². The molecule has 3 heteroatoms. The van der Waals surface area contributed by atoms with E-state index in [9.17, 15) is 4.79 Å². The van der Waals surface area contributed by atoms with Crippen molar-refractivity contribution in [3.05, 3.63) is 29.3 Å². The van der Waals surface area contributed by atoms with Gasteiger partial charge in [0.05, 0.1) is 0 Å². The van der Waals surface area contributed by atoms with Crippen LogP contribution in [0.3, 0.4) is 0 Å². The number of carbonyl (C=O) groups is 1. The summed E-state index contributed by atoms with van der Waals surface area (Å²) in [5, 5.41) is 3.14. The van der Waals surface area contributed by atoms with Gasteiger partial charge in [0.15, 0.2) is 6.61 Å². The predicted octanol–water partition coefficient (Wildman–Crippen LogP) is 3.62. The highest BCUT2D eigenvalue weighted by molar-refractivity contribution is 5.78. The third-order valence-electron chi connectivity index (χ3n) is 4.76. The maximum atomic E-state index is 12.1. The van der Waals surface area contributed by atoms with Gasteiger partial charge in [-0.1, -0.05) is 38.8 Å². The Bertz CT molecular complexity index is 498. The van der Waals surface area contributed by atoms with Crippen LogP contribution in [0.2, 0.25) is 0 Å². The third-order valence-corrected chi connectivity index (χ3v) is 4.76. The Morgan fingerprint density at radius 3 is 2.81 bits per heavy atom. The van der Waals surface area contributed by atoms with Gasteiger partial charge in [-0.25, -0.2) is 0 Å². The molecule has 116 valence electrons. The van der Waals surface area contributed by atoms with Crippen LogP contribution in [0.1, 0.15) is 44.2 Å². The van der Waals surface area contributed by atoms with Gasteiger partial charge in [-0.05, 0) is 49.3 Å². The molecule has 21 heavy (non-hydrogen) atoms. The zero-order chi connectivity index (χ0) is 15.4. The minimum atomic E-state index is -0.0122. The zero-order valence-corrected chi connectivity index (χ0v) is 13.6. The van der Waals surface area contributed by atoms with E-state index in [0.29, 0.717) is 17.9 Å². The van der Waals surface area contributed by atoms with E-state index in [1.165, 1.54) is 12.8 Å². The first-order chi connectivity index (χ1) is 9.97. The summed E-state index contributed by atoms with van der Waals surface area (Å²) in [6.07, 6.45) is 3.56. The maximum Gasteiger partial charge on any atom is 0.258 e. The van der Waals surface area contributed by atoms with Gasteiger partial charge in [-0.3, -0.25) is 4.79 Å². The fourth-order valence-corrected chi connectivity index (χ4v) is 3.04. The Balaban J connectivity index is 1.86. The Morgan fingerprint density at radius 1 is 1.29 bits per heavy atom. The minimum Gasteiger partial charge on any atom is -0.483 e. The highest BCUT2D eigenvalue weighted by atomic mass is 16.5. The number of amides is 1. The van der Waals surface area contributed by atoms with Gasteiger partial charge in [-0.2, -0.15) is 0 Å². The number of benzene rings is 1. The van der Waals surface area contributed by atoms with Gasteiger partial charge >= 0.3 is 0 Å². The van der Waals surface area contributed by atoms with Crippen LogP contribution in [-0.2, 0) is 4.79 Å². The van der Waals surface area contributed by atoms with Gasteiger partial charge in [0.2, 0.25) is 0 Å². The van der Waals surface area contributed by atoms with Crippen LogP contribution in [-0.4, -0.2) is 18.6 Å². The van der Waals surface area contributed by atoms with E-state index >= 15 is 0 Å². The average Bonchev–Trinajstić information content (AvgIpc) is 2.45. The minimum absolute atomic E-state index is 0.0122. The molecule has 1 aliphatic rings. The van der Waals surface area contributed by atoms with Crippen molar-refractivity contribution in [1.82, 2.24) is 5.32 Å². The summed E-state index contributed by atoms with van der Waals surface area (Å²) in [6, 6.07) is 6.35.